The van der Waals surface area contributed by atoms with E-state index in [0.29, 0.717) is 13.1 Å². The summed E-state index contributed by atoms with van der Waals surface area (Å²) in [6.45, 7) is 1.23. The van der Waals surface area contributed by atoms with Gasteiger partial charge in [0.2, 0.25) is 0 Å². The van der Waals surface area contributed by atoms with Gasteiger partial charge in [0.25, 0.3) is 0 Å². The Morgan fingerprint density at radius 1 is 1.20 bits per heavy atom. The normalized spacial score (nSPS) is 22.1. The Labute approximate surface area is 117 Å². The van der Waals surface area contributed by atoms with Gasteiger partial charge in [-0.25, -0.2) is 0 Å². The molecule has 0 bridgehead atoms. The van der Waals surface area contributed by atoms with Crippen molar-refractivity contribution in [2.75, 3.05) is 20.2 Å². The van der Waals surface area contributed by atoms with Crippen molar-refractivity contribution < 1.29 is 14.6 Å². The standard InChI is InChI=1S/C16H17NO3/c1-20-15-7-6-11(10-4-2-3-5-12(10)15)13-8-17-9-14(13)16(18)19/h2-7,13-14,17H,8-9H2,1H3,(H,18,19). The molecule has 4 heteroatoms. The Bertz CT molecular complexity index is 653. The number of hydrogen-bond donors (Lipinski definition) is 2. The maximum atomic E-state index is 11.4. The predicted octanol–water partition coefficient (Wildman–Crippen LogP) is 2.24. The Kier molecular flexibility index (Phi) is 3.32. The van der Waals surface area contributed by atoms with E-state index in [1.807, 2.05) is 36.4 Å². The van der Waals surface area contributed by atoms with Gasteiger partial charge in [0.15, 0.2) is 0 Å². The highest BCUT2D eigenvalue weighted by molar-refractivity contribution is 5.92. The van der Waals surface area contributed by atoms with Crippen LogP contribution in [0.25, 0.3) is 10.8 Å². The molecule has 0 amide bonds. The number of aliphatic carboxylic acids is 1. The van der Waals surface area contributed by atoms with Gasteiger partial charge < -0.3 is 15.2 Å². The monoisotopic (exact) mass is 271 g/mol. The summed E-state index contributed by atoms with van der Waals surface area (Å²) in [5.41, 5.74) is 1.08. The largest absolute Gasteiger partial charge is 0.496 e. The molecule has 1 fully saturated rings. The lowest BCUT2D eigenvalue weighted by Gasteiger charge is -2.18. The fraction of sp³-hybridized carbons (Fsp3) is 0.312. The minimum Gasteiger partial charge on any atom is -0.496 e. The highest BCUT2D eigenvalue weighted by Crippen LogP contribution is 2.36. The second-order valence-corrected chi connectivity index (χ2v) is 5.11. The number of carboxylic acid groups (broad SMARTS) is 1. The summed E-state index contributed by atoms with van der Waals surface area (Å²) >= 11 is 0. The Hall–Kier alpha value is -2.07. The van der Waals surface area contributed by atoms with Gasteiger partial charge in [-0.3, -0.25) is 4.79 Å². The minimum atomic E-state index is -0.736. The molecule has 2 N–H and O–H groups in total. The van der Waals surface area contributed by atoms with Crippen molar-refractivity contribution >= 4 is 16.7 Å². The minimum absolute atomic E-state index is 0.00306. The second-order valence-electron chi connectivity index (χ2n) is 5.11. The Morgan fingerprint density at radius 2 is 1.95 bits per heavy atom. The van der Waals surface area contributed by atoms with Gasteiger partial charge in [0, 0.05) is 24.4 Å². The maximum absolute atomic E-state index is 11.4. The van der Waals surface area contributed by atoms with Gasteiger partial charge >= 0.3 is 5.97 Å². The molecule has 2 aromatic carbocycles. The average molecular weight is 271 g/mol. The molecule has 20 heavy (non-hydrogen) atoms. The quantitative estimate of drug-likeness (QED) is 0.899. The molecule has 0 aliphatic carbocycles. The number of rotatable bonds is 3. The van der Waals surface area contributed by atoms with Crippen LogP contribution in [0.15, 0.2) is 36.4 Å². The molecule has 4 nitrogen and oxygen atoms in total. The van der Waals surface area contributed by atoms with E-state index in [4.69, 9.17) is 4.74 Å². The number of fused-ring (bicyclic) bond motifs is 1. The molecule has 0 saturated carbocycles. The van der Waals surface area contributed by atoms with Gasteiger partial charge in [0.05, 0.1) is 13.0 Å². The smallest absolute Gasteiger partial charge is 0.308 e. The van der Waals surface area contributed by atoms with E-state index in [2.05, 4.69) is 5.32 Å². The predicted molar refractivity (Wildman–Crippen MR) is 77.2 cm³/mol. The van der Waals surface area contributed by atoms with Crippen molar-refractivity contribution in [1.29, 1.82) is 0 Å². The first-order valence-corrected chi connectivity index (χ1v) is 6.71. The van der Waals surface area contributed by atoms with Crippen molar-refractivity contribution in [3.05, 3.63) is 42.0 Å². The number of benzene rings is 2. The van der Waals surface area contributed by atoms with E-state index >= 15 is 0 Å². The third-order valence-corrected chi connectivity index (χ3v) is 4.07. The summed E-state index contributed by atoms with van der Waals surface area (Å²) in [6.07, 6.45) is 0. The van der Waals surface area contributed by atoms with Gasteiger partial charge in [0.1, 0.15) is 5.75 Å². The van der Waals surface area contributed by atoms with Crippen LogP contribution >= 0.6 is 0 Å². The summed E-state index contributed by atoms with van der Waals surface area (Å²) in [4.78, 5) is 11.4. The number of ether oxygens (including phenoxy) is 1. The van der Waals surface area contributed by atoms with Crippen molar-refractivity contribution in [1.82, 2.24) is 5.32 Å². The van der Waals surface area contributed by atoms with E-state index in [1.54, 1.807) is 7.11 Å². The average Bonchev–Trinajstić information content (AvgIpc) is 2.95. The fourth-order valence-electron chi connectivity index (χ4n) is 3.06. The molecule has 0 aromatic heterocycles. The van der Waals surface area contributed by atoms with Crippen LogP contribution in [0.1, 0.15) is 11.5 Å². The zero-order valence-electron chi connectivity index (χ0n) is 11.3. The van der Waals surface area contributed by atoms with Crippen LogP contribution in [0.4, 0.5) is 0 Å². The summed E-state index contributed by atoms with van der Waals surface area (Å²) in [6, 6.07) is 11.9. The molecule has 2 aromatic rings. The topological polar surface area (TPSA) is 58.6 Å². The first-order valence-electron chi connectivity index (χ1n) is 6.71. The van der Waals surface area contributed by atoms with Crippen molar-refractivity contribution in [2.24, 2.45) is 5.92 Å². The number of carbonyl (C=O) groups is 1. The third kappa shape index (κ3) is 2.02. The number of carboxylic acids is 1. The van der Waals surface area contributed by atoms with Gasteiger partial charge in [-0.2, -0.15) is 0 Å². The summed E-state index contributed by atoms with van der Waals surface area (Å²) < 4.78 is 5.39. The molecule has 1 saturated heterocycles. The molecule has 1 aliphatic heterocycles. The summed E-state index contributed by atoms with van der Waals surface area (Å²) in [7, 11) is 1.65. The zero-order valence-corrected chi connectivity index (χ0v) is 11.3. The van der Waals surface area contributed by atoms with Crippen LogP contribution in [-0.2, 0) is 4.79 Å². The van der Waals surface area contributed by atoms with Crippen LogP contribution in [0, 0.1) is 5.92 Å². The Balaban J connectivity index is 2.15. The molecule has 0 spiro atoms. The lowest BCUT2D eigenvalue weighted by atomic mass is 9.86. The molecule has 0 radical (unpaired) electrons. The number of nitrogens with one attached hydrogen (secondary N) is 1. The van der Waals surface area contributed by atoms with E-state index in [1.165, 1.54) is 0 Å². The van der Waals surface area contributed by atoms with Crippen LogP contribution in [0.5, 0.6) is 5.75 Å². The lowest BCUT2D eigenvalue weighted by Crippen LogP contribution is -2.21. The SMILES string of the molecule is COc1ccc(C2CNCC2C(=O)O)c2ccccc12. The van der Waals surface area contributed by atoms with Gasteiger partial charge in [-0.1, -0.05) is 30.3 Å². The zero-order chi connectivity index (χ0) is 14.1. The first kappa shape index (κ1) is 12.9. The van der Waals surface area contributed by atoms with Crippen molar-refractivity contribution in [3.63, 3.8) is 0 Å². The number of methoxy groups -OCH3 is 1. The molecular formula is C16H17NO3. The molecule has 1 heterocycles. The van der Waals surface area contributed by atoms with Crippen LogP contribution < -0.4 is 10.1 Å². The number of hydrogen-bond acceptors (Lipinski definition) is 3. The highest BCUT2D eigenvalue weighted by atomic mass is 16.5. The molecule has 1 aliphatic rings. The van der Waals surface area contributed by atoms with E-state index in [-0.39, 0.29) is 11.8 Å². The van der Waals surface area contributed by atoms with Crippen LogP contribution in [0.3, 0.4) is 0 Å². The van der Waals surface area contributed by atoms with E-state index in [0.717, 1.165) is 22.1 Å². The fourth-order valence-corrected chi connectivity index (χ4v) is 3.06. The van der Waals surface area contributed by atoms with Crippen molar-refractivity contribution in [3.8, 4) is 5.75 Å². The van der Waals surface area contributed by atoms with Gasteiger partial charge in [-0.15, -0.1) is 0 Å². The molecule has 2 atom stereocenters. The van der Waals surface area contributed by atoms with Gasteiger partial charge in [-0.05, 0) is 17.0 Å². The molecule has 3 rings (SSSR count). The maximum Gasteiger partial charge on any atom is 0.308 e. The Morgan fingerprint density at radius 3 is 2.65 bits per heavy atom. The molecule has 2 unspecified atom stereocenters. The first-order chi connectivity index (χ1) is 9.72. The summed E-state index contributed by atoms with van der Waals surface area (Å²) in [5.74, 6) is -0.280. The van der Waals surface area contributed by atoms with Crippen molar-refractivity contribution in [2.45, 2.75) is 5.92 Å². The lowest BCUT2D eigenvalue weighted by molar-refractivity contribution is -0.141. The third-order valence-electron chi connectivity index (χ3n) is 4.07. The molecule has 104 valence electrons. The second kappa shape index (κ2) is 5.13. The van der Waals surface area contributed by atoms with Crippen LogP contribution in [0.2, 0.25) is 0 Å². The van der Waals surface area contributed by atoms with Crippen LogP contribution in [-0.4, -0.2) is 31.3 Å². The van der Waals surface area contributed by atoms with E-state index < -0.39 is 5.97 Å². The molecular weight excluding hydrogens is 254 g/mol. The highest BCUT2D eigenvalue weighted by Gasteiger charge is 2.34. The summed E-state index contributed by atoms with van der Waals surface area (Å²) in [5, 5.41) is 14.6. The van der Waals surface area contributed by atoms with E-state index in [9.17, 15) is 9.90 Å².